The SMILES string of the molecule is COC(=O)C1CCN(NC(C)(C)C)CC1. The predicted octanol–water partition coefficient (Wildman–Crippen LogP) is 1.17. The second-order valence-corrected chi connectivity index (χ2v) is 5.15. The summed E-state index contributed by atoms with van der Waals surface area (Å²) in [6.07, 6.45) is 1.77. The monoisotopic (exact) mass is 214 g/mol. The molecule has 1 fully saturated rings. The van der Waals surface area contributed by atoms with Gasteiger partial charge in [-0.1, -0.05) is 0 Å². The van der Waals surface area contributed by atoms with Gasteiger partial charge in [0.05, 0.1) is 13.0 Å². The Labute approximate surface area is 91.9 Å². The van der Waals surface area contributed by atoms with Crippen molar-refractivity contribution in [2.75, 3.05) is 20.2 Å². The molecule has 0 amide bonds. The van der Waals surface area contributed by atoms with E-state index in [2.05, 4.69) is 31.2 Å². The van der Waals surface area contributed by atoms with E-state index in [1.54, 1.807) is 0 Å². The minimum Gasteiger partial charge on any atom is -0.469 e. The van der Waals surface area contributed by atoms with E-state index in [0.29, 0.717) is 0 Å². The van der Waals surface area contributed by atoms with Crippen LogP contribution in [0.1, 0.15) is 33.6 Å². The van der Waals surface area contributed by atoms with Gasteiger partial charge in [0.1, 0.15) is 0 Å². The zero-order valence-electron chi connectivity index (χ0n) is 10.2. The van der Waals surface area contributed by atoms with Crippen LogP contribution in [0, 0.1) is 5.92 Å². The number of nitrogens with zero attached hydrogens (tertiary/aromatic N) is 1. The number of nitrogens with one attached hydrogen (secondary N) is 1. The number of ether oxygens (including phenoxy) is 1. The zero-order chi connectivity index (χ0) is 11.5. The fraction of sp³-hybridized carbons (Fsp3) is 0.909. The Balaban J connectivity index is 2.33. The highest BCUT2D eigenvalue weighted by atomic mass is 16.5. The van der Waals surface area contributed by atoms with E-state index in [1.165, 1.54) is 7.11 Å². The van der Waals surface area contributed by atoms with Crippen LogP contribution < -0.4 is 5.43 Å². The van der Waals surface area contributed by atoms with Crippen LogP contribution in [0.2, 0.25) is 0 Å². The molecule has 15 heavy (non-hydrogen) atoms. The Morgan fingerprint density at radius 2 is 1.87 bits per heavy atom. The van der Waals surface area contributed by atoms with Crippen LogP contribution in [0.3, 0.4) is 0 Å². The molecule has 0 aromatic rings. The van der Waals surface area contributed by atoms with E-state index in [-0.39, 0.29) is 17.4 Å². The van der Waals surface area contributed by atoms with E-state index >= 15 is 0 Å². The van der Waals surface area contributed by atoms with Gasteiger partial charge in [-0.2, -0.15) is 0 Å². The van der Waals surface area contributed by atoms with Crippen LogP contribution in [0.25, 0.3) is 0 Å². The van der Waals surface area contributed by atoms with Crippen LogP contribution in [0.15, 0.2) is 0 Å². The largest absolute Gasteiger partial charge is 0.469 e. The van der Waals surface area contributed by atoms with E-state index in [0.717, 1.165) is 25.9 Å². The molecule has 1 saturated heterocycles. The number of hydrogen-bond donors (Lipinski definition) is 1. The minimum atomic E-state index is -0.0644. The molecule has 1 rings (SSSR count). The van der Waals surface area contributed by atoms with E-state index in [1.807, 2.05) is 0 Å². The first-order valence-electron chi connectivity index (χ1n) is 5.53. The number of hydrogen-bond acceptors (Lipinski definition) is 4. The Hall–Kier alpha value is -0.610. The highest BCUT2D eigenvalue weighted by molar-refractivity contribution is 5.72. The Morgan fingerprint density at radius 3 is 2.27 bits per heavy atom. The molecule has 0 bridgehead atoms. The second-order valence-electron chi connectivity index (χ2n) is 5.15. The first-order valence-corrected chi connectivity index (χ1v) is 5.53. The van der Waals surface area contributed by atoms with Gasteiger partial charge >= 0.3 is 5.97 Å². The highest BCUT2D eigenvalue weighted by Gasteiger charge is 2.26. The third-order valence-corrected chi connectivity index (χ3v) is 2.52. The number of hydrazine groups is 1. The lowest BCUT2D eigenvalue weighted by Crippen LogP contribution is -2.52. The predicted molar refractivity (Wildman–Crippen MR) is 59.2 cm³/mol. The van der Waals surface area contributed by atoms with Crippen molar-refractivity contribution in [3.63, 3.8) is 0 Å². The van der Waals surface area contributed by atoms with Crippen molar-refractivity contribution in [2.45, 2.75) is 39.2 Å². The summed E-state index contributed by atoms with van der Waals surface area (Å²) in [6.45, 7) is 8.24. The smallest absolute Gasteiger partial charge is 0.308 e. The Morgan fingerprint density at radius 1 is 1.33 bits per heavy atom. The number of rotatable bonds is 2. The summed E-state index contributed by atoms with van der Waals surface area (Å²) in [5, 5.41) is 2.19. The van der Waals surface area contributed by atoms with Crippen LogP contribution in [-0.2, 0) is 9.53 Å². The molecule has 4 nitrogen and oxygen atoms in total. The summed E-state index contributed by atoms with van der Waals surface area (Å²) in [5.74, 6) is 0.0263. The first kappa shape index (κ1) is 12.5. The maximum atomic E-state index is 11.3. The van der Waals surface area contributed by atoms with Crippen LogP contribution in [0.5, 0.6) is 0 Å². The van der Waals surface area contributed by atoms with Gasteiger partial charge < -0.3 is 4.74 Å². The molecular weight excluding hydrogens is 192 g/mol. The Bertz CT molecular complexity index is 215. The lowest BCUT2D eigenvalue weighted by molar-refractivity contribution is -0.147. The molecule has 0 aromatic heterocycles. The van der Waals surface area contributed by atoms with Gasteiger partial charge in [0, 0.05) is 18.6 Å². The van der Waals surface area contributed by atoms with Crippen molar-refractivity contribution in [1.82, 2.24) is 10.4 Å². The standard InChI is InChI=1S/C11H22N2O2/c1-11(2,3)12-13-7-5-9(6-8-13)10(14)15-4/h9,12H,5-8H2,1-4H3. The van der Waals surface area contributed by atoms with Crippen molar-refractivity contribution < 1.29 is 9.53 Å². The number of methoxy groups -OCH3 is 1. The lowest BCUT2D eigenvalue weighted by Gasteiger charge is -2.36. The van der Waals surface area contributed by atoms with Crippen molar-refractivity contribution in [2.24, 2.45) is 5.92 Å². The van der Waals surface area contributed by atoms with Crippen LogP contribution in [-0.4, -0.2) is 36.7 Å². The van der Waals surface area contributed by atoms with E-state index in [4.69, 9.17) is 4.74 Å². The summed E-state index contributed by atoms with van der Waals surface area (Å²) in [5.41, 5.74) is 3.51. The van der Waals surface area contributed by atoms with E-state index < -0.39 is 0 Å². The van der Waals surface area contributed by atoms with Gasteiger partial charge in [0.25, 0.3) is 0 Å². The summed E-state index contributed by atoms with van der Waals surface area (Å²) in [7, 11) is 1.46. The molecule has 1 aliphatic heterocycles. The molecule has 0 radical (unpaired) electrons. The zero-order valence-corrected chi connectivity index (χ0v) is 10.2. The van der Waals surface area contributed by atoms with Crippen molar-refractivity contribution in [3.05, 3.63) is 0 Å². The van der Waals surface area contributed by atoms with Crippen LogP contribution in [0.4, 0.5) is 0 Å². The van der Waals surface area contributed by atoms with Gasteiger partial charge in [-0.3, -0.25) is 4.79 Å². The fourth-order valence-corrected chi connectivity index (χ4v) is 1.87. The molecule has 1 N–H and O–H groups in total. The molecule has 4 heteroatoms. The molecule has 0 aromatic carbocycles. The van der Waals surface area contributed by atoms with Gasteiger partial charge in [-0.25, -0.2) is 10.4 Å². The quantitative estimate of drug-likeness (QED) is 0.701. The summed E-state index contributed by atoms with van der Waals surface area (Å²) >= 11 is 0. The van der Waals surface area contributed by atoms with Gasteiger partial charge in [-0.15, -0.1) is 0 Å². The maximum Gasteiger partial charge on any atom is 0.308 e. The number of carbonyl (C=O) groups excluding carboxylic acids is 1. The molecule has 1 aliphatic rings. The fourth-order valence-electron chi connectivity index (χ4n) is 1.87. The summed E-state index contributed by atoms with van der Waals surface area (Å²) < 4.78 is 4.75. The normalized spacial score (nSPS) is 20.3. The molecule has 1 heterocycles. The molecule has 0 saturated carbocycles. The highest BCUT2D eigenvalue weighted by Crippen LogP contribution is 2.18. The topological polar surface area (TPSA) is 41.6 Å². The summed E-state index contributed by atoms with van der Waals surface area (Å²) in [4.78, 5) is 11.3. The maximum absolute atomic E-state index is 11.3. The molecule has 0 atom stereocenters. The number of carbonyl (C=O) groups is 1. The first-order chi connectivity index (χ1) is 6.92. The third-order valence-electron chi connectivity index (χ3n) is 2.52. The van der Waals surface area contributed by atoms with Gasteiger partial charge in [0.2, 0.25) is 0 Å². The van der Waals surface area contributed by atoms with Crippen molar-refractivity contribution in [1.29, 1.82) is 0 Å². The summed E-state index contributed by atoms with van der Waals surface area (Å²) in [6, 6.07) is 0. The van der Waals surface area contributed by atoms with Gasteiger partial charge in [-0.05, 0) is 33.6 Å². The molecule has 0 aliphatic carbocycles. The second kappa shape index (κ2) is 4.94. The third kappa shape index (κ3) is 4.18. The Kier molecular flexibility index (Phi) is 4.11. The molecule has 88 valence electrons. The van der Waals surface area contributed by atoms with Crippen molar-refractivity contribution >= 4 is 5.97 Å². The number of esters is 1. The minimum absolute atomic E-state index is 0.0644. The molecule has 0 unspecified atom stereocenters. The average molecular weight is 214 g/mol. The molecule has 0 spiro atoms. The van der Waals surface area contributed by atoms with E-state index in [9.17, 15) is 4.79 Å². The number of piperidine rings is 1. The average Bonchev–Trinajstić information content (AvgIpc) is 2.15. The van der Waals surface area contributed by atoms with Crippen LogP contribution >= 0.6 is 0 Å². The van der Waals surface area contributed by atoms with Gasteiger partial charge in [0.15, 0.2) is 0 Å². The lowest BCUT2D eigenvalue weighted by atomic mass is 9.98. The van der Waals surface area contributed by atoms with Crippen molar-refractivity contribution in [3.8, 4) is 0 Å². The molecular formula is C11H22N2O2.